The van der Waals surface area contributed by atoms with Gasteiger partial charge in [-0.2, -0.15) is 9.97 Å². The van der Waals surface area contributed by atoms with E-state index in [-0.39, 0.29) is 11.9 Å². The monoisotopic (exact) mass is 408 g/mol. The molecule has 0 unspecified atom stereocenters. The molecule has 2 heterocycles. The molecule has 5 rings (SSSR count). The van der Waals surface area contributed by atoms with Gasteiger partial charge in [0.15, 0.2) is 0 Å². The Balaban J connectivity index is 1.31. The molecule has 0 bridgehead atoms. The number of aromatic hydroxyl groups is 1. The van der Waals surface area contributed by atoms with Crippen LogP contribution in [0.25, 0.3) is 21.7 Å². The van der Waals surface area contributed by atoms with Crippen molar-refractivity contribution in [3.8, 4) is 17.6 Å². The molecule has 6 nitrogen and oxygen atoms in total. The molecule has 0 aliphatic carbocycles. The van der Waals surface area contributed by atoms with Gasteiger partial charge in [-0.05, 0) is 52.7 Å². The standard InChI is InChI=1S/C25H20N4O2/c1-29(16-17-6-7-18-4-2-3-5-19(18)14-17)20-8-10-21(11-9-20)31-25-27-23-15-26-13-12-22(23)24(30)28-25/h2-15H,16H2,1H3,(H,27,28,30). The number of benzene rings is 3. The molecule has 0 aliphatic heterocycles. The van der Waals surface area contributed by atoms with Crippen molar-refractivity contribution in [3.05, 3.63) is 90.8 Å². The Bertz CT molecular complexity index is 1370. The Morgan fingerprint density at radius 3 is 2.55 bits per heavy atom. The van der Waals surface area contributed by atoms with E-state index in [0.29, 0.717) is 16.7 Å². The van der Waals surface area contributed by atoms with Crippen LogP contribution in [0.5, 0.6) is 17.6 Å². The second kappa shape index (κ2) is 7.91. The van der Waals surface area contributed by atoms with Crippen LogP contribution in [0.15, 0.2) is 85.2 Å². The molecule has 6 heteroatoms. The van der Waals surface area contributed by atoms with Crippen LogP contribution in [-0.4, -0.2) is 27.1 Å². The summed E-state index contributed by atoms with van der Waals surface area (Å²) in [5, 5.41) is 13.1. The highest BCUT2D eigenvalue weighted by atomic mass is 16.5. The van der Waals surface area contributed by atoms with Crippen LogP contribution >= 0.6 is 0 Å². The van der Waals surface area contributed by atoms with Crippen LogP contribution in [0, 0.1) is 0 Å². The fraction of sp³-hybridized carbons (Fsp3) is 0.0800. The number of anilines is 1. The maximum Gasteiger partial charge on any atom is 0.325 e. The average molecular weight is 408 g/mol. The Hall–Kier alpha value is -4.19. The third-order valence-electron chi connectivity index (χ3n) is 5.18. The van der Waals surface area contributed by atoms with Gasteiger partial charge in [0.1, 0.15) is 5.75 Å². The topological polar surface area (TPSA) is 71.4 Å². The molecule has 0 saturated carbocycles. The highest BCUT2D eigenvalue weighted by Crippen LogP contribution is 2.27. The highest BCUT2D eigenvalue weighted by Gasteiger charge is 2.09. The summed E-state index contributed by atoms with van der Waals surface area (Å²) < 4.78 is 5.74. The van der Waals surface area contributed by atoms with E-state index in [9.17, 15) is 5.11 Å². The molecule has 1 N–H and O–H groups in total. The molecule has 0 amide bonds. The van der Waals surface area contributed by atoms with Gasteiger partial charge < -0.3 is 14.7 Å². The summed E-state index contributed by atoms with van der Waals surface area (Å²) in [7, 11) is 2.06. The number of ether oxygens (including phenoxy) is 1. The summed E-state index contributed by atoms with van der Waals surface area (Å²) in [4.78, 5) is 14.5. The largest absolute Gasteiger partial charge is 0.493 e. The van der Waals surface area contributed by atoms with Crippen molar-refractivity contribution in [3.63, 3.8) is 0 Å². The SMILES string of the molecule is CN(Cc1ccc2ccccc2c1)c1ccc(Oc2nc(O)c3ccncc3n2)cc1. The first kappa shape index (κ1) is 18.8. The quantitative estimate of drug-likeness (QED) is 0.425. The van der Waals surface area contributed by atoms with Crippen LogP contribution in [0.3, 0.4) is 0 Å². The lowest BCUT2D eigenvalue weighted by Gasteiger charge is -2.20. The number of pyridine rings is 1. The molecule has 0 spiro atoms. The summed E-state index contributed by atoms with van der Waals surface area (Å²) in [6.07, 6.45) is 3.15. The smallest absolute Gasteiger partial charge is 0.325 e. The van der Waals surface area contributed by atoms with Gasteiger partial charge in [0.25, 0.3) is 0 Å². The summed E-state index contributed by atoms with van der Waals surface area (Å²) in [5.74, 6) is 0.458. The summed E-state index contributed by atoms with van der Waals surface area (Å²) in [6, 6.07) is 24.3. The van der Waals surface area contributed by atoms with Gasteiger partial charge in [-0.15, -0.1) is 0 Å². The van der Waals surface area contributed by atoms with E-state index in [1.54, 1.807) is 18.5 Å². The first-order chi connectivity index (χ1) is 15.2. The Kier molecular flexibility index (Phi) is 4.80. The maximum atomic E-state index is 10.1. The van der Waals surface area contributed by atoms with E-state index in [4.69, 9.17) is 4.74 Å². The molecule has 0 saturated heterocycles. The van der Waals surface area contributed by atoms with Crippen molar-refractivity contribution in [1.82, 2.24) is 15.0 Å². The van der Waals surface area contributed by atoms with Gasteiger partial charge in [0.2, 0.25) is 5.88 Å². The minimum atomic E-state index is -0.130. The predicted octanol–water partition coefficient (Wildman–Crippen LogP) is 5.31. The number of nitrogens with zero attached hydrogens (tertiary/aromatic N) is 4. The number of hydrogen-bond acceptors (Lipinski definition) is 6. The molecule has 0 atom stereocenters. The number of fused-ring (bicyclic) bond motifs is 2. The first-order valence-corrected chi connectivity index (χ1v) is 9.93. The molecular formula is C25H20N4O2. The zero-order valence-electron chi connectivity index (χ0n) is 16.9. The second-order valence-corrected chi connectivity index (χ2v) is 7.36. The zero-order valence-corrected chi connectivity index (χ0v) is 16.9. The molecule has 0 fully saturated rings. The van der Waals surface area contributed by atoms with E-state index in [0.717, 1.165) is 12.2 Å². The Morgan fingerprint density at radius 2 is 1.71 bits per heavy atom. The molecule has 3 aromatic carbocycles. The van der Waals surface area contributed by atoms with Gasteiger partial charge in [0.05, 0.1) is 17.1 Å². The second-order valence-electron chi connectivity index (χ2n) is 7.36. The lowest BCUT2D eigenvalue weighted by atomic mass is 10.1. The third kappa shape index (κ3) is 3.96. The van der Waals surface area contributed by atoms with Crippen molar-refractivity contribution >= 4 is 27.4 Å². The molecule has 0 aliphatic rings. The number of rotatable bonds is 5. The first-order valence-electron chi connectivity index (χ1n) is 9.93. The van der Waals surface area contributed by atoms with E-state index < -0.39 is 0 Å². The van der Waals surface area contributed by atoms with Gasteiger partial charge >= 0.3 is 6.01 Å². The third-order valence-corrected chi connectivity index (χ3v) is 5.18. The van der Waals surface area contributed by atoms with Crippen LogP contribution in [0.4, 0.5) is 5.69 Å². The fourth-order valence-electron chi connectivity index (χ4n) is 3.57. The molecule has 31 heavy (non-hydrogen) atoms. The van der Waals surface area contributed by atoms with E-state index in [1.165, 1.54) is 16.3 Å². The number of hydrogen-bond donors (Lipinski definition) is 1. The lowest BCUT2D eigenvalue weighted by molar-refractivity contribution is 0.412. The normalized spacial score (nSPS) is 11.0. The van der Waals surface area contributed by atoms with Crippen LogP contribution < -0.4 is 9.64 Å². The van der Waals surface area contributed by atoms with Crippen molar-refractivity contribution in [2.24, 2.45) is 0 Å². The van der Waals surface area contributed by atoms with Crippen LogP contribution in [0.2, 0.25) is 0 Å². The Labute approximate surface area is 179 Å². The van der Waals surface area contributed by atoms with Gasteiger partial charge in [-0.25, -0.2) is 0 Å². The van der Waals surface area contributed by atoms with E-state index in [1.807, 2.05) is 24.3 Å². The van der Waals surface area contributed by atoms with Crippen LogP contribution in [-0.2, 0) is 6.54 Å². The minimum Gasteiger partial charge on any atom is -0.493 e. The van der Waals surface area contributed by atoms with Gasteiger partial charge in [0, 0.05) is 25.5 Å². The molecule has 152 valence electrons. The molecule has 2 aromatic heterocycles. The highest BCUT2D eigenvalue weighted by molar-refractivity contribution is 5.83. The van der Waals surface area contributed by atoms with Crippen molar-refractivity contribution in [1.29, 1.82) is 0 Å². The van der Waals surface area contributed by atoms with E-state index >= 15 is 0 Å². The summed E-state index contributed by atoms with van der Waals surface area (Å²) in [5.41, 5.74) is 2.83. The van der Waals surface area contributed by atoms with E-state index in [2.05, 4.69) is 69.4 Å². The predicted molar refractivity (Wildman–Crippen MR) is 122 cm³/mol. The average Bonchev–Trinajstić information content (AvgIpc) is 2.79. The van der Waals surface area contributed by atoms with Crippen molar-refractivity contribution in [2.75, 3.05) is 11.9 Å². The zero-order chi connectivity index (χ0) is 21.2. The summed E-state index contributed by atoms with van der Waals surface area (Å²) in [6.45, 7) is 0.791. The fourth-order valence-corrected chi connectivity index (χ4v) is 3.57. The maximum absolute atomic E-state index is 10.1. The van der Waals surface area contributed by atoms with Gasteiger partial charge in [-0.3, -0.25) is 4.98 Å². The summed E-state index contributed by atoms with van der Waals surface area (Å²) >= 11 is 0. The molecule has 0 radical (unpaired) electrons. The van der Waals surface area contributed by atoms with Crippen molar-refractivity contribution in [2.45, 2.75) is 6.54 Å². The van der Waals surface area contributed by atoms with Gasteiger partial charge in [-0.1, -0.05) is 36.4 Å². The molecule has 5 aromatic rings. The number of aromatic nitrogens is 3. The minimum absolute atomic E-state index is 0.0790. The van der Waals surface area contributed by atoms with Crippen LogP contribution in [0.1, 0.15) is 5.56 Å². The Morgan fingerprint density at radius 1 is 0.903 bits per heavy atom. The van der Waals surface area contributed by atoms with Crippen molar-refractivity contribution < 1.29 is 9.84 Å². The lowest BCUT2D eigenvalue weighted by Crippen LogP contribution is -2.16. The molecular weight excluding hydrogens is 388 g/mol.